The zero-order valence-electron chi connectivity index (χ0n) is 13.8. The third-order valence-corrected chi connectivity index (χ3v) is 7.02. The maximum absolute atomic E-state index is 13.1. The molecule has 2 aromatic rings. The molecule has 138 valence electrons. The summed E-state index contributed by atoms with van der Waals surface area (Å²) >= 11 is 2.85. The maximum Gasteiger partial charge on any atom is 0.459 e. The molecule has 2 atom stereocenters. The number of piperidine rings is 1. The fraction of sp³-hybridized carbons (Fsp3) is 0.412. The molecule has 0 aliphatic carbocycles. The second kappa shape index (κ2) is 6.54. The number of carbonyl (C=O) groups excluding carboxylic acids is 1. The van der Waals surface area contributed by atoms with Crippen LogP contribution in [0.2, 0.25) is 0 Å². The van der Waals surface area contributed by atoms with Crippen LogP contribution in [0.1, 0.15) is 18.4 Å². The first-order chi connectivity index (χ1) is 12.3. The Labute approximate surface area is 156 Å². The Kier molecular flexibility index (Phi) is 4.48. The van der Waals surface area contributed by atoms with Crippen LogP contribution in [0.25, 0.3) is 15.8 Å². The van der Waals surface area contributed by atoms with Crippen LogP contribution in [0.15, 0.2) is 29.3 Å². The van der Waals surface area contributed by atoms with Gasteiger partial charge in [0, 0.05) is 36.8 Å². The summed E-state index contributed by atoms with van der Waals surface area (Å²) in [5.74, 6) is -0.265. The topological polar surface area (TPSA) is 45.2 Å². The molecule has 9 heteroatoms. The van der Waals surface area contributed by atoms with Gasteiger partial charge in [-0.1, -0.05) is 12.1 Å². The minimum atomic E-state index is -4.32. The predicted molar refractivity (Wildman–Crippen MR) is 97.5 cm³/mol. The van der Waals surface area contributed by atoms with Gasteiger partial charge < -0.3 is 5.32 Å². The van der Waals surface area contributed by atoms with E-state index in [0.29, 0.717) is 16.3 Å². The molecule has 1 amide bonds. The van der Waals surface area contributed by atoms with Crippen molar-refractivity contribution >= 4 is 44.8 Å². The summed E-state index contributed by atoms with van der Waals surface area (Å²) in [6, 6.07) is 7.73. The Bertz CT molecular complexity index is 860. The monoisotopic (exact) mass is 399 g/mol. The SMILES string of the molecule is CC(=O)NC1=C(c2nc3ccccc3s2)C2CCN(C(F)(F)F)CC2S1. The summed E-state index contributed by atoms with van der Waals surface area (Å²) < 4.78 is 40.3. The molecule has 4 nitrogen and oxygen atoms in total. The van der Waals surface area contributed by atoms with E-state index in [-0.39, 0.29) is 30.2 Å². The maximum atomic E-state index is 13.1. The van der Waals surface area contributed by atoms with Gasteiger partial charge in [-0.3, -0.25) is 4.79 Å². The number of halogens is 3. The van der Waals surface area contributed by atoms with Gasteiger partial charge in [0.2, 0.25) is 5.91 Å². The molecule has 1 fully saturated rings. The number of carbonyl (C=O) groups is 1. The number of alkyl halides is 3. The predicted octanol–water partition coefficient (Wildman–Crippen LogP) is 4.06. The fourth-order valence-corrected chi connectivity index (χ4v) is 6.20. The molecule has 0 spiro atoms. The smallest absolute Gasteiger partial charge is 0.321 e. The van der Waals surface area contributed by atoms with Gasteiger partial charge in [-0.25, -0.2) is 9.88 Å². The van der Waals surface area contributed by atoms with Crippen molar-refractivity contribution in [1.82, 2.24) is 15.2 Å². The molecule has 0 saturated carbocycles. The molecule has 4 rings (SSSR count). The number of aromatic nitrogens is 1. The number of allylic oxidation sites excluding steroid dienone is 1. The van der Waals surface area contributed by atoms with Gasteiger partial charge in [0.15, 0.2) is 0 Å². The van der Waals surface area contributed by atoms with Gasteiger partial charge in [0.05, 0.1) is 15.2 Å². The van der Waals surface area contributed by atoms with Crippen LogP contribution in [0, 0.1) is 5.92 Å². The van der Waals surface area contributed by atoms with Crippen molar-refractivity contribution < 1.29 is 18.0 Å². The molecule has 1 aromatic heterocycles. The number of amides is 1. The highest BCUT2D eigenvalue weighted by Gasteiger charge is 2.47. The Morgan fingerprint density at radius 3 is 2.81 bits per heavy atom. The van der Waals surface area contributed by atoms with Gasteiger partial charge in [0.1, 0.15) is 5.01 Å². The number of nitrogens with zero attached hydrogens (tertiary/aromatic N) is 2. The lowest BCUT2D eigenvalue weighted by molar-refractivity contribution is -0.249. The molecule has 2 aliphatic heterocycles. The Balaban J connectivity index is 1.70. The number of thioether (sulfide) groups is 1. The molecule has 26 heavy (non-hydrogen) atoms. The van der Waals surface area contributed by atoms with Crippen LogP contribution in [0.5, 0.6) is 0 Å². The number of hydrogen-bond donors (Lipinski definition) is 1. The van der Waals surface area contributed by atoms with Crippen molar-refractivity contribution in [2.45, 2.75) is 24.9 Å². The highest BCUT2D eigenvalue weighted by Crippen LogP contribution is 2.51. The minimum absolute atomic E-state index is 0.0347. The van der Waals surface area contributed by atoms with E-state index < -0.39 is 6.30 Å². The summed E-state index contributed by atoms with van der Waals surface area (Å²) in [6.07, 6.45) is -3.93. The van der Waals surface area contributed by atoms with E-state index in [1.165, 1.54) is 30.0 Å². The van der Waals surface area contributed by atoms with E-state index in [0.717, 1.165) is 20.8 Å². The second-order valence-corrected chi connectivity index (χ2v) is 8.66. The molecule has 1 aromatic carbocycles. The van der Waals surface area contributed by atoms with E-state index >= 15 is 0 Å². The van der Waals surface area contributed by atoms with Crippen molar-refractivity contribution in [2.24, 2.45) is 5.92 Å². The highest BCUT2D eigenvalue weighted by molar-refractivity contribution is 8.04. The second-order valence-electron chi connectivity index (χ2n) is 6.38. The quantitative estimate of drug-likeness (QED) is 0.774. The lowest BCUT2D eigenvalue weighted by atomic mass is 9.89. The van der Waals surface area contributed by atoms with Crippen LogP contribution in [0.4, 0.5) is 13.2 Å². The number of likely N-dealkylation sites (tertiary alicyclic amines) is 1. The van der Waals surface area contributed by atoms with Gasteiger partial charge in [-0.05, 0) is 18.6 Å². The zero-order chi connectivity index (χ0) is 18.5. The van der Waals surface area contributed by atoms with Crippen LogP contribution in [0.3, 0.4) is 0 Å². The Morgan fingerprint density at radius 1 is 1.35 bits per heavy atom. The largest absolute Gasteiger partial charge is 0.459 e. The first-order valence-electron chi connectivity index (χ1n) is 8.19. The van der Waals surface area contributed by atoms with Crippen molar-refractivity contribution in [3.05, 3.63) is 34.3 Å². The number of para-hydroxylation sites is 1. The first kappa shape index (κ1) is 17.8. The van der Waals surface area contributed by atoms with Gasteiger partial charge in [-0.15, -0.1) is 23.1 Å². The molecule has 2 aliphatic rings. The van der Waals surface area contributed by atoms with Crippen LogP contribution in [-0.4, -0.2) is 40.4 Å². The summed E-state index contributed by atoms with van der Waals surface area (Å²) in [6.45, 7) is 1.30. The highest BCUT2D eigenvalue weighted by atomic mass is 32.2. The van der Waals surface area contributed by atoms with E-state index in [1.54, 1.807) is 0 Å². The number of hydrogen-bond acceptors (Lipinski definition) is 5. The average molecular weight is 399 g/mol. The molecule has 1 N–H and O–H groups in total. The molecule has 0 radical (unpaired) electrons. The summed E-state index contributed by atoms with van der Waals surface area (Å²) in [5, 5.41) is 4.01. The van der Waals surface area contributed by atoms with Crippen LogP contribution >= 0.6 is 23.1 Å². The normalized spacial score (nSPS) is 24.2. The van der Waals surface area contributed by atoms with Gasteiger partial charge in [0.25, 0.3) is 0 Å². The molecule has 2 unspecified atom stereocenters. The molecule has 1 saturated heterocycles. The molecule has 3 heterocycles. The number of rotatable bonds is 2. The minimum Gasteiger partial charge on any atom is -0.321 e. The van der Waals surface area contributed by atoms with Gasteiger partial charge in [-0.2, -0.15) is 13.2 Å². The third-order valence-electron chi connectivity index (χ3n) is 4.62. The van der Waals surface area contributed by atoms with Crippen molar-refractivity contribution in [1.29, 1.82) is 0 Å². The van der Waals surface area contributed by atoms with E-state index in [2.05, 4.69) is 10.3 Å². The van der Waals surface area contributed by atoms with Gasteiger partial charge >= 0.3 is 6.30 Å². The van der Waals surface area contributed by atoms with Crippen LogP contribution < -0.4 is 5.32 Å². The standard InChI is InChI=1S/C17H16F3N3OS2/c1-9(24)21-15-14(16-22-11-4-2-3-5-12(11)25-16)10-6-7-23(17(18,19)20)8-13(10)26-15/h2-5,10,13H,6-8H2,1H3,(H,21,24). The Morgan fingerprint density at radius 2 is 2.12 bits per heavy atom. The van der Waals surface area contributed by atoms with Crippen LogP contribution in [-0.2, 0) is 4.79 Å². The van der Waals surface area contributed by atoms with Crippen molar-refractivity contribution in [3.63, 3.8) is 0 Å². The third kappa shape index (κ3) is 3.23. The van der Waals surface area contributed by atoms with E-state index in [4.69, 9.17) is 0 Å². The first-order valence-corrected chi connectivity index (χ1v) is 9.88. The zero-order valence-corrected chi connectivity index (χ0v) is 15.5. The molecular formula is C17H16F3N3OS2. The lowest BCUT2D eigenvalue weighted by Crippen LogP contribution is -2.48. The number of thiazole rings is 1. The molecule has 0 bridgehead atoms. The van der Waals surface area contributed by atoms with Crippen molar-refractivity contribution in [2.75, 3.05) is 13.1 Å². The summed E-state index contributed by atoms with van der Waals surface area (Å²) in [4.78, 5) is 16.8. The Hall–Kier alpha value is -1.58. The van der Waals surface area contributed by atoms with E-state index in [1.807, 2.05) is 24.3 Å². The molecular weight excluding hydrogens is 383 g/mol. The van der Waals surface area contributed by atoms with E-state index in [9.17, 15) is 18.0 Å². The lowest BCUT2D eigenvalue weighted by Gasteiger charge is -2.35. The number of fused-ring (bicyclic) bond motifs is 2. The number of benzene rings is 1. The number of nitrogens with one attached hydrogen (secondary N) is 1. The average Bonchev–Trinajstić information content (AvgIpc) is 3.12. The van der Waals surface area contributed by atoms with Crippen molar-refractivity contribution in [3.8, 4) is 0 Å². The summed E-state index contributed by atoms with van der Waals surface area (Å²) in [7, 11) is 0. The fourth-order valence-electron chi connectivity index (χ4n) is 3.48. The summed E-state index contributed by atoms with van der Waals surface area (Å²) in [5.41, 5.74) is 1.75.